The van der Waals surface area contributed by atoms with Crippen LogP contribution in [0.3, 0.4) is 0 Å². The Morgan fingerprint density at radius 3 is 2.40 bits per heavy atom. The minimum absolute atomic E-state index is 0.124. The van der Waals surface area contributed by atoms with Gasteiger partial charge < -0.3 is 19.7 Å². The zero-order chi connectivity index (χ0) is 18.1. The van der Waals surface area contributed by atoms with E-state index in [-0.39, 0.29) is 11.8 Å². The topological polar surface area (TPSA) is 67.9 Å². The Morgan fingerprint density at radius 2 is 1.80 bits per heavy atom. The molecule has 0 aliphatic heterocycles. The summed E-state index contributed by atoms with van der Waals surface area (Å²) >= 11 is 1.37. The van der Waals surface area contributed by atoms with Crippen LogP contribution in [0.15, 0.2) is 41.8 Å². The van der Waals surface area contributed by atoms with E-state index in [1.165, 1.54) is 11.3 Å². The first-order chi connectivity index (χ1) is 12.2. The van der Waals surface area contributed by atoms with Crippen molar-refractivity contribution in [3.8, 4) is 0 Å². The summed E-state index contributed by atoms with van der Waals surface area (Å²) in [7, 11) is 3.19. The van der Waals surface area contributed by atoms with Gasteiger partial charge in [0.1, 0.15) is 0 Å². The highest BCUT2D eigenvalue weighted by atomic mass is 32.1. The highest BCUT2D eigenvalue weighted by Crippen LogP contribution is 2.16. The number of nitrogens with one attached hydrogen (secondary N) is 1. The maximum atomic E-state index is 12.7. The molecule has 2 rings (SSSR count). The zero-order valence-electron chi connectivity index (χ0n) is 14.4. The third kappa shape index (κ3) is 5.67. The molecule has 0 radical (unpaired) electrons. The maximum absolute atomic E-state index is 12.7. The van der Waals surface area contributed by atoms with Crippen LogP contribution in [0.5, 0.6) is 0 Å². The van der Waals surface area contributed by atoms with Crippen LogP contribution in [0.1, 0.15) is 20.0 Å². The second kappa shape index (κ2) is 9.93. The maximum Gasteiger partial charge on any atom is 0.265 e. The SMILES string of the molecule is COCCN(CCOC)C(=O)c1cccc(NC(=O)c2cccs2)c1. The van der Waals surface area contributed by atoms with Crippen molar-refractivity contribution in [2.45, 2.75) is 0 Å². The van der Waals surface area contributed by atoms with Crippen LogP contribution in [0.4, 0.5) is 5.69 Å². The number of hydrogen-bond acceptors (Lipinski definition) is 5. The number of carbonyl (C=O) groups is 2. The number of rotatable bonds is 9. The summed E-state index contributed by atoms with van der Waals surface area (Å²) in [6.45, 7) is 1.85. The third-order valence-electron chi connectivity index (χ3n) is 3.53. The van der Waals surface area contributed by atoms with Crippen LogP contribution in [-0.2, 0) is 9.47 Å². The number of amides is 2. The van der Waals surface area contributed by atoms with E-state index in [9.17, 15) is 9.59 Å². The Hall–Kier alpha value is -2.22. The quantitative estimate of drug-likeness (QED) is 0.745. The van der Waals surface area contributed by atoms with Crippen molar-refractivity contribution in [2.75, 3.05) is 45.8 Å². The minimum Gasteiger partial charge on any atom is -0.383 e. The largest absolute Gasteiger partial charge is 0.383 e. The van der Waals surface area contributed by atoms with Crippen molar-refractivity contribution in [1.29, 1.82) is 0 Å². The lowest BCUT2D eigenvalue weighted by molar-refractivity contribution is 0.0627. The van der Waals surface area contributed by atoms with E-state index in [1.807, 2.05) is 11.4 Å². The molecule has 0 aliphatic rings. The summed E-state index contributed by atoms with van der Waals surface area (Å²) in [6, 6.07) is 10.5. The van der Waals surface area contributed by atoms with Gasteiger partial charge in [-0.2, -0.15) is 0 Å². The average molecular weight is 362 g/mol. The van der Waals surface area contributed by atoms with Crippen LogP contribution in [0, 0.1) is 0 Å². The molecule has 0 unspecified atom stereocenters. The van der Waals surface area contributed by atoms with Gasteiger partial charge >= 0.3 is 0 Å². The van der Waals surface area contributed by atoms with Gasteiger partial charge in [0.05, 0.1) is 18.1 Å². The predicted molar refractivity (Wildman–Crippen MR) is 98.4 cm³/mol. The summed E-state index contributed by atoms with van der Waals surface area (Å²) in [6.07, 6.45) is 0. The first kappa shape index (κ1) is 19.1. The molecular formula is C18H22N2O4S. The lowest BCUT2D eigenvalue weighted by Crippen LogP contribution is -2.36. The lowest BCUT2D eigenvalue weighted by atomic mass is 10.1. The highest BCUT2D eigenvalue weighted by molar-refractivity contribution is 7.12. The number of anilines is 1. The molecule has 0 aliphatic carbocycles. The van der Waals surface area contributed by atoms with Gasteiger partial charge in [-0.1, -0.05) is 12.1 Å². The van der Waals surface area contributed by atoms with Gasteiger partial charge in [0.2, 0.25) is 0 Å². The molecule has 0 saturated carbocycles. The molecule has 25 heavy (non-hydrogen) atoms. The number of benzene rings is 1. The van der Waals surface area contributed by atoms with Gasteiger partial charge in [0.25, 0.3) is 11.8 Å². The molecule has 6 nitrogen and oxygen atoms in total. The fourth-order valence-corrected chi connectivity index (χ4v) is 2.85. The van der Waals surface area contributed by atoms with Gasteiger partial charge in [0, 0.05) is 38.6 Å². The normalized spacial score (nSPS) is 10.5. The second-order valence-electron chi connectivity index (χ2n) is 5.29. The number of thiophene rings is 1. The first-order valence-corrected chi connectivity index (χ1v) is 8.75. The Bertz CT molecular complexity index is 680. The van der Waals surface area contributed by atoms with Crippen LogP contribution in [0.25, 0.3) is 0 Å². The van der Waals surface area contributed by atoms with E-state index in [4.69, 9.17) is 9.47 Å². The van der Waals surface area contributed by atoms with Gasteiger partial charge in [0.15, 0.2) is 0 Å². The Morgan fingerprint density at radius 1 is 1.08 bits per heavy atom. The number of nitrogens with zero attached hydrogens (tertiary/aromatic N) is 1. The lowest BCUT2D eigenvalue weighted by Gasteiger charge is -2.22. The van der Waals surface area contributed by atoms with E-state index >= 15 is 0 Å². The van der Waals surface area contributed by atoms with Gasteiger partial charge in [-0.15, -0.1) is 11.3 Å². The van der Waals surface area contributed by atoms with E-state index in [2.05, 4.69) is 5.32 Å². The smallest absolute Gasteiger partial charge is 0.265 e. The molecule has 1 N–H and O–H groups in total. The highest BCUT2D eigenvalue weighted by Gasteiger charge is 2.16. The molecule has 1 aromatic heterocycles. The zero-order valence-corrected chi connectivity index (χ0v) is 15.2. The number of hydrogen-bond donors (Lipinski definition) is 1. The summed E-state index contributed by atoms with van der Waals surface area (Å²) in [5, 5.41) is 4.66. The van der Waals surface area contributed by atoms with E-state index in [0.29, 0.717) is 42.4 Å². The van der Waals surface area contributed by atoms with Crippen molar-refractivity contribution >= 4 is 28.8 Å². The van der Waals surface area contributed by atoms with Crippen molar-refractivity contribution in [3.05, 3.63) is 52.2 Å². The van der Waals surface area contributed by atoms with E-state index in [0.717, 1.165) is 0 Å². The van der Waals surface area contributed by atoms with Crippen molar-refractivity contribution in [3.63, 3.8) is 0 Å². The average Bonchev–Trinajstić information content (AvgIpc) is 3.16. The first-order valence-electron chi connectivity index (χ1n) is 7.87. The number of ether oxygens (including phenoxy) is 2. The summed E-state index contributed by atoms with van der Waals surface area (Å²) in [4.78, 5) is 27.2. The Labute approximate surface area is 151 Å². The number of methoxy groups -OCH3 is 2. The summed E-state index contributed by atoms with van der Waals surface area (Å²) < 4.78 is 10.1. The van der Waals surface area contributed by atoms with Crippen LogP contribution < -0.4 is 5.32 Å². The second-order valence-corrected chi connectivity index (χ2v) is 6.24. The van der Waals surface area contributed by atoms with Crippen LogP contribution in [0.2, 0.25) is 0 Å². The molecule has 1 aromatic carbocycles. The molecule has 7 heteroatoms. The van der Waals surface area contributed by atoms with Crippen LogP contribution in [-0.4, -0.2) is 57.2 Å². The molecular weight excluding hydrogens is 340 g/mol. The fourth-order valence-electron chi connectivity index (χ4n) is 2.23. The van der Waals surface area contributed by atoms with Crippen LogP contribution >= 0.6 is 11.3 Å². The van der Waals surface area contributed by atoms with Gasteiger partial charge in [-0.3, -0.25) is 9.59 Å². The molecule has 1 heterocycles. The fraction of sp³-hybridized carbons (Fsp3) is 0.333. The third-order valence-corrected chi connectivity index (χ3v) is 4.40. The molecule has 0 saturated heterocycles. The van der Waals surface area contributed by atoms with Gasteiger partial charge in [-0.25, -0.2) is 0 Å². The van der Waals surface area contributed by atoms with Crippen molar-refractivity contribution < 1.29 is 19.1 Å². The number of carbonyl (C=O) groups excluding carboxylic acids is 2. The molecule has 0 bridgehead atoms. The Balaban J connectivity index is 2.09. The van der Waals surface area contributed by atoms with Crippen molar-refractivity contribution in [2.24, 2.45) is 0 Å². The van der Waals surface area contributed by atoms with E-state index < -0.39 is 0 Å². The predicted octanol–water partition coefficient (Wildman–Crippen LogP) is 2.74. The summed E-state index contributed by atoms with van der Waals surface area (Å²) in [5.41, 5.74) is 1.10. The van der Waals surface area contributed by atoms with E-state index in [1.54, 1.807) is 49.5 Å². The molecule has 2 amide bonds. The molecule has 0 atom stereocenters. The standard InChI is InChI=1S/C18H22N2O4S/c1-23-10-8-20(9-11-24-2)18(22)14-5-3-6-15(13-14)19-17(21)16-7-4-12-25-16/h3-7,12-13H,8-11H2,1-2H3,(H,19,21). The Kier molecular flexibility index (Phi) is 7.59. The minimum atomic E-state index is -0.185. The summed E-state index contributed by atoms with van der Waals surface area (Å²) in [5.74, 6) is -0.309. The monoisotopic (exact) mass is 362 g/mol. The molecule has 134 valence electrons. The molecule has 0 fully saturated rings. The van der Waals surface area contributed by atoms with Crippen molar-refractivity contribution in [1.82, 2.24) is 4.90 Å². The molecule has 0 spiro atoms. The molecule has 2 aromatic rings. The van der Waals surface area contributed by atoms with Gasteiger partial charge in [-0.05, 0) is 29.6 Å².